The number of carbonyl (C=O) groups is 4. The van der Waals surface area contributed by atoms with Crippen molar-refractivity contribution < 1.29 is 42.9 Å². The second-order valence-corrected chi connectivity index (χ2v) is 19.5. The SMILES string of the molecule is CC(=O)OCC1OC(C)(c2cccc(Cc3ccc(C#C[Si](C(C)C)(C(C)C)C(C)C)cc3)c2)[C@H](OC(C)=O)[C@@H](OC(C)=O)[C@@H]1OC(C)=O. The lowest BCUT2D eigenvalue weighted by Gasteiger charge is -2.50. The van der Waals surface area contributed by atoms with E-state index in [9.17, 15) is 19.2 Å². The van der Waals surface area contributed by atoms with Crippen molar-refractivity contribution in [3.8, 4) is 11.5 Å². The number of esters is 4. The van der Waals surface area contributed by atoms with Crippen LogP contribution in [0.5, 0.6) is 0 Å². The minimum atomic E-state index is -1.85. The molecule has 0 aliphatic carbocycles. The zero-order valence-electron chi connectivity index (χ0n) is 30.7. The van der Waals surface area contributed by atoms with Crippen molar-refractivity contribution >= 4 is 32.0 Å². The Labute approximate surface area is 292 Å². The summed E-state index contributed by atoms with van der Waals surface area (Å²) in [5.41, 5.74) is 7.68. The van der Waals surface area contributed by atoms with Crippen molar-refractivity contribution in [1.29, 1.82) is 0 Å². The van der Waals surface area contributed by atoms with Gasteiger partial charge in [0.2, 0.25) is 0 Å². The van der Waals surface area contributed by atoms with E-state index in [4.69, 9.17) is 23.7 Å². The Kier molecular flexibility index (Phi) is 13.4. The second-order valence-electron chi connectivity index (χ2n) is 14.0. The first-order valence-electron chi connectivity index (χ1n) is 16.9. The Balaban J connectivity index is 2.01. The van der Waals surface area contributed by atoms with Gasteiger partial charge < -0.3 is 23.7 Å². The van der Waals surface area contributed by atoms with Crippen LogP contribution in [0.25, 0.3) is 0 Å². The number of ether oxygens (including phenoxy) is 5. The second kappa shape index (κ2) is 16.6. The summed E-state index contributed by atoms with van der Waals surface area (Å²) in [6.07, 6.45) is -4.14. The first kappa shape index (κ1) is 39.5. The van der Waals surface area contributed by atoms with E-state index in [2.05, 4.69) is 77.3 Å². The Morgan fingerprint density at radius 3 is 1.82 bits per heavy atom. The number of hydrogen-bond acceptors (Lipinski definition) is 9. The predicted octanol–water partition coefficient (Wildman–Crippen LogP) is 6.82. The molecule has 266 valence electrons. The molecule has 9 nitrogen and oxygen atoms in total. The van der Waals surface area contributed by atoms with E-state index in [1.54, 1.807) is 6.92 Å². The largest absolute Gasteiger partial charge is 0.463 e. The fraction of sp³-hybridized carbons (Fsp3) is 0.538. The molecule has 0 amide bonds. The molecule has 1 fully saturated rings. The Hall–Kier alpha value is -3.94. The molecule has 0 saturated carbocycles. The van der Waals surface area contributed by atoms with E-state index in [-0.39, 0.29) is 6.61 Å². The molecule has 0 spiro atoms. The van der Waals surface area contributed by atoms with E-state index in [1.165, 1.54) is 27.7 Å². The Morgan fingerprint density at radius 1 is 0.755 bits per heavy atom. The van der Waals surface area contributed by atoms with Gasteiger partial charge in [-0.1, -0.05) is 83.9 Å². The summed E-state index contributed by atoms with van der Waals surface area (Å²) in [6.45, 7) is 20.1. The topological polar surface area (TPSA) is 114 Å². The van der Waals surface area contributed by atoms with Gasteiger partial charge in [-0.15, -0.1) is 5.54 Å². The highest BCUT2D eigenvalue weighted by molar-refractivity contribution is 6.90. The zero-order chi connectivity index (χ0) is 36.7. The number of hydrogen-bond donors (Lipinski definition) is 0. The molecule has 3 rings (SSSR count). The summed E-state index contributed by atoms with van der Waals surface area (Å²) in [5, 5.41) is 0. The van der Waals surface area contributed by atoms with Crippen molar-refractivity contribution in [2.24, 2.45) is 0 Å². The van der Waals surface area contributed by atoms with E-state index in [1.807, 2.05) is 24.3 Å². The lowest BCUT2D eigenvalue weighted by Crippen LogP contribution is -2.65. The molecule has 1 heterocycles. The smallest absolute Gasteiger partial charge is 0.303 e. The predicted molar refractivity (Wildman–Crippen MR) is 189 cm³/mol. The van der Waals surface area contributed by atoms with Gasteiger partial charge >= 0.3 is 23.9 Å². The monoisotopic (exact) mass is 692 g/mol. The summed E-state index contributed by atoms with van der Waals surface area (Å²) in [5.74, 6) is 0.934. The van der Waals surface area contributed by atoms with E-state index >= 15 is 0 Å². The lowest BCUT2D eigenvalue weighted by atomic mass is 9.80. The molecule has 1 saturated heterocycles. The van der Waals surface area contributed by atoms with Crippen molar-refractivity contribution in [2.75, 3.05) is 6.61 Å². The third-order valence-electron chi connectivity index (χ3n) is 9.43. The van der Waals surface area contributed by atoms with Crippen LogP contribution in [-0.2, 0) is 54.9 Å². The highest BCUT2D eigenvalue weighted by Crippen LogP contribution is 2.43. The van der Waals surface area contributed by atoms with Crippen LogP contribution in [0.3, 0.4) is 0 Å². The summed E-state index contributed by atoms with van der Waals surface area (Å²) in [6, 6.07) is 15.9. The Morgan fingerprint density at radius 2 is 1.31 bits per heavy atom. The maximum absolute atomic E-state index is 12.4. The molecule has 1 aliphatic heterocycles. The van der Waals surface area contributed by atoms with Crippen LogP contribution in [0.1, 0.15) is 98.4 Å². The molecule has 2 aromatic rings. The van der Waals surface area contributed by atoms with Crippen LogP contribution >= 0.6 is 0 Å². The molecule has 2 unspecified atom stereocenters. The van der Waals surface area contributed by atoms with Crippen molar-refractivity contribution in [3.05, 3.63) is 70.8 Å². The van der Waals surface area contributed by atoms with E-state index in [0.717, 1.165) is 16.7 Å². The molecular weight excluding hydrogens is 641 g/mol. The van der Waals surface area contributed by atoms with Crippen molar-refractivity contribution in [3.63, 3.8) is 0 Å². The van der Waals surface area contributed by atoms with E-state index in [0.29, 0.717) is 28.6 Å². The van der Waals surface area contributed by atoms with Crippen LogP contribution in [0.4, 0.5) is 0 Å². The highest BCUT2D eigenvalue weighted by Gasteiger charge is 2.58. The van der Waals surface area contributed by atoms with Crippen LogP contribution in [0.15, 0.2) is 48.5 Å². The summed E-state index contributed by atoms with van der Waals surface area (Å²) in [7, 11) is -1.85. The third kappa shape index (κ3) is 9.61. The first-order valence-corrected chi connectivity index (χ1v) is 19.2. The minimum Gasteiger partial charge on any atom is -0.463 e. The van der Waals surface area contributed by atoms with Crippen LogP contribution in [0.2, 0.25) is 16.6 Å². The van der Waals surface area contributed by atoms with Crippen LogP contribution in [0, 0.1) is 11.5 Å². The Bertz CT molecular complexity index is 1530. The average Bonchev–Trinajstić information content (AvgIpc) is 2.99. The van der Waals surface area contributed by atoms with Crippen LogP contribution < -0.4 is 0 Å². The van der Waals surface area contributed by atoms with Crippen LogP contribution in [-0.4, -0.2) is 63.0 Å². The van der Waals surface area contributed by atoms with Gasteiger partial charge in [0.05, 0.1) is 0 Å². The summed E-state index contributed by atoms with van der Waals surface area (Å²) < 4.78 is 28.8. The third-order valence-corrected chi connectivity index (χ3v) is 15.7. The molecule has 2 aromatic carbocycles. The maximum atomic E-state index is 12.4. The molecule has 0 radical (unpaired) electrons. The number of rotatable bonds is 11. The van der Waals surface area contributed by atoms with E-state index < -0.39 is 62.0 Å². The quantitative estimate of drug-likeness (QED) is 0.108. The molecule has 0 bridgehead atoms. The van der Waals surface area contributed by atoms with Gasteiger partial charge in [0.15, 0.2) is 18.3 Å². The molecule has 0 N–H and O–H groups in total. The van der Waals surface area contributed by atoms with Gasteiger partial charge in [0, 0.05) is 33.3 Å². The molecular formula is C39H52O9Si. The highest BCUT2D eigenvalue weighted by atomic mass is 28.3. The fourth-order valence-corrected chi connectivity index (χ4v) is 12.5. The standard InChI is InChI=1S/C39H52O9Si/c1-24(2)49(25(3)4,26(5)6)20-19-31-15-17-32(18-16-31)21-33-13-12-14-34(22-33)39(11)38(47-30(10)43)37(46-29(9)42)36(45-28(8)41)35(48-39)23-44-27(7)40/h12-18,22,24-26,35-38H,21,23H2,1-11H3/t35?,36-,37+,38-,39?/m1/s1. The molecule has 5 atom stereocenters. The summed E-state index contributed by atoms with van der Waals surface area (Å²) in [4.78, 5) is 48.7. The maximum Gasteiger partial charge on any atom is 0.303 e. The number of carbonyl (C=O) groups excluding carboxylic acids is 4. The fourth-order valence-electron chi connectivity index (χ4n) is 7.27. The van der Waals surface area contributed by atoms with Crippen molar-refractivity contribution in [1.82, 2.24) is 0 Å². The molecule has 1 aliphatic rings. The van der Waals surface area contributed by atoms with Gasteiger partial charge in [-0.25, -0.2) is 0 Å². The lowest BCUT2D eigenvalue weighted by molar-refractivity contribution is -0.285. The first-order chi connectivity index (χ1) is 22.9. The average molecular weight is 693 g/mol. The molecule has 49 heavy (non-hydrogen) atoms. The van der Waals surface area contributed by atoms with Gasteiger partial charge in [0.25, 0.3) is 0 Å². The number of benzene rings is 2. The van der Waals surface area contributed by atoms with Gasteiger partial charge in [-0.3, -0.25) is 19.2 Å². The summed E-state index contributed by atoms with van der Waals surface area (Å²) >= 11 is 0. The van der Waals surface area contributed by atoms with Gasteiger partial charge in [-0.2, -0.15) is 0 Å². The normalized spacial score (nSPS) is 22.2. The van der Waals surface area contributed by atoms with Crippen molar-refractivity contribution in [2.45, 2.75) is 129 Å². The van der Waals surface area contributed by atoms with Gasteiger partial charge in [-0.05, 0) is 58.8 Å². The zero-order valence-corrected chi connectivity index (χ0v) is 31.7. The minimum absolute atomic E-state index is 0.294. The molecule has 10 heteroatoms. The van der Waals surface area contributed by atoms with Gasteiger partial charge in [0.1, 0.15) is 26.4 Å². The molecule has 0 aromatic heterocycles.